The van der Waals surface area contributed by atoms with Crippen molar-refractivity contribution >= 4 is 28.6 Å². The van der Waals surface area contributed by atoms with Crippen LogP contribution in [0.25, 0.3) is 0 Å². The smallest absolute Gasteiger partial charge is 0.0681 e. The van der Waals surface area contributed by atoms with Gasteiger partial charge in [0.25, 0.3) is 0 Å². The van der Waals surface area contributed by atoms with Crippen LogP contribution in [0.1, 0.15) is 5.56 Å². The third-order valence-electron chi connectivity index (χ3n) is 1.25. The van der Waals surface area contributed by atoms with Crippen LogP contribution in [0, 0.1) is 0 Å². The number of rotatable bonds is 2. The van der Waals surface area contributed by atoms with Crippen LogP contribution >= 0.6 is 22.9 Å². The van der Waals surface area contributed by atoms with Gasteiger partial charge in [0, 0.05) is 5.69 Å². The normalized spacial score (nSPS) is 9.40. The van der Waals surface area contributed by atoms with Crippen LogP contribution in [-0.4, -0.2) is 5.11 Å². The fraction of sp³-hybridized carbons (Fsp3) is 0.143. The van der Waals surface area contributed by atoms with Gasteiger partial charge in [0.1, 0.15) is 0 Å². The van der Waals surface area contributed by atoms with Gasteiger partial charge in [0.15, 0.2) is 0 Å². The molecule has 3 heteroatoms. The summed E-state index contributed by atoms with van der Waals surface area (Å²) in [4.78, 5) is 0. The summed E-state index contributed by atoms with van der Waals surface area (Å²) < 4.78 is 2.97. The lowest BCUT2D eigenvalue weighted by Crippen LogP contribution is -1.83. The molecule has 54 valence electrons. The lowest BCUT2D eigenvalue weighted by Gasteiger charge is -1.98. The molecule has 0 unspecified atom stereocenters. The van der Waals surface area contributed by atoms with E-state index in [1.165, 1.54) is 0 Å². The minimum atomic E-state index is 0.113. The largest absolute Gasteiger partial charge is 0.392 e. The second-order valence-corrected chi connectivity index (χ2v) is 2.49. The second kappa shape index (κ2) is 3.78. The van der Waals surface area contributed by atoms with Crippen LogP contribution in [0.2, 0.25) is 0 Å². The van der Waals surface area contributed by atoms with E-state index in [2.05, 4.69) is 26.4 Å². The minimum Gasteiger partial charge on any atom is -0.392 e. The summed E-state index contributed by atoms with van der Waals surface area (Å²) in [6, 6.07) is 7.64. The van der Waals surface area contributed by atoms with Gasteiger partial charge >= 0.3 is 0 Å². The van der Waals surface area contributed by atoms with Gasteiger partial charge in [-0.15, -0.1) is 0 Å². The SMILES string of the molecule is OCc1ccc(NI)cc1. The summed E-state index contributed by atoms with van der Waals surface area (Å²) in [7, 11) is 0. The van der Waals surface area contributed by atoms with Crippen molar-refractivity contribution in [2.45, 2.75) is 6.61 Å². The molecule has 0 aliphatic carbocycles. The molecule has 2 N–H and O–H groups in total. The molecule has 0 saturated heterocycles. The molecule has 0 heterocycles. The minimum absolute atomic E-state index is 0.113. The fourth-order valence-corrected chi connectivity index (χ4v) is 1.03. The van der Waals surface area contributed by atoms with Crippen LogP contribution in [0.5, 0.6) is 0 Å². The molecular weight excluding hydrogens is 241 g/mol. The highest BCUT2D eigenvalue weighted by molar-refractivity contribution is 14.1. The molecular formula is C7H8INO. The summed E-state index contributed by atoms with van der Waals surface area (Å²) in [6.07, 6.45) is 0. The molecule has 0 aliphatic rings. The molecule has 0 spiro atoms. The Hall–Kier alpha value is -0.290. The van der Waals surface area contributed by atoms with Crippen molar-refractivity contribution in [3.63, 3.8) is 0 Å². The zero-order valence-corrected chi connectivity index (χ0v) is 7.50. The van der Waals surface area contributed by atoms with Gasteiger partial charge in [0.05, 0.1) is 29.5 Å². The first-order valence-electron chi connectivity index (χ1n) is 2.93. The Morgan fingerprint density at radius 3 is 2.30 bits per heavy atom. The molecule has 2 nitrogen and oxygen atoms in total. The molecule has 0 atom stereocenters. The molecule has 10 heavy (non-hydrogen) atoms. The van der Waals surface area contributed by atoms with Crippen molar-refractivity contribution in [1.82, 2.24) is 0 Å². The molecule has 1 aromatic rings. The second-order valence-electron chi connectivity index (χ2n) is 1.95. The lowest BCUT2D eigenvalue weighted by atomic mass is 10.2. The first-order valence-corrected chi connectivity index (χ1v) is 4.01. The highest BCUT2D eigenvalue weighted by atomic mass is 127. The van der Waals surface area contributed by atoms with Gasteiger partial charge in [-0.25, -0.2) is 0 Å². The summed E-state index contributed by atoms with van der Waals surface area (Å²) >= 11 is 2.06. The zero-order chi connectivity index (χ0) is 7.40. The Bertz CT molecular complexity index is 174. The maximum Gasteiger partial charge on any atom is 0.0681 e. The molecule has 0 saturated carbocycles. The summed E-state index contributed by atoms with van der Waals surface area (Å²) in [5.74, 6) is 0. The van der Waals surface area contributed by atoms with E-state index in [1.54, 1.807) is 0 Å². The number of aliphatic hydroxyl groups excluding tert-OH is 1. The summed E-state index contributed by atoms with van der Waals surface area (Å²) in [6.45, 7) is 0.113. The molecule has 0 radical (unpaired) electrons. The van der Waals surface area contributed by atoms with Gasteiger partial charge in [-0.05, 0) is 17.7 Å². The Morgan fingerprint density at radius 2 is 1.90 bits per heavy atom. The van der Waals surface area contributed by atoms with Crippen molar-refractivity contribution in [3.05, 3.63) is 29.8 Å². The first kappa shape index (κ1) is 7.81. The van der Waals surface area contributed by atoms with Crippen molar-refractivity contribution in [2.75, 3.05) is 3.53 Å². The van der Waals surface area contributed by atoms with Crippen LogP contribution in [0.4, 0.5) is 5.69 Å². The maximum atomic E-state index is 8.68. The number of halogens is 1. The van der Waals surface area contributed by atoms with Crippen molar-refractivity contribution in [1.29, 1.82) is 0 Å². The van der Waals surface area contributed by atoms with E-state index in [0.29, 0.717) is 0 Å². The summed E-state index contributed by atoms with van der Waals surface area (Å²) in [5.41, 5.74) is 1.99. The van der Waals surface area contributed by atoms with Crippen LogP contribution in [0.3, 0.4) is 0 Å². The monoisotopic (exact) mass is 249 g/mol. The average Bonchev–Trinajstić information content (AvgIpc) is 2.05. The van der Waals surface area contributed by atoms with Crippen molar-refractivity contribution in [3.8, 4) is 0 Å². The molecule has 1 aromatic carbocycles. The molecule has 0 amide bonds. The van der Waals surface area contributed by atoms with Crippen molar-refractivity contribution < 1.29 is 5.11 Å². The fourth-order valence-electron chi connectivity index (χ4n) is 0.673. The topological polar surface area (TPSA) is 32.3 Å². The Morgan fingerprint density at radius 1 is 1.30 bits per heavy atom. The number of hydrogen-bond donors (Lipinski definition) is 2. The van der Waals surface area contributed by atoms with Gasteiger partial charge in [0.2, 0.25) is 0 Å². The van der Waals surface area contributed by atoms with E-state index in [1.807, 2.05) is 24.3 Å². The molecule has 1 rings (SSSR count). The number of anilines is 1. The Balaban J connectivity index is 2.80. The lowest BCUT2D eigenvalue weighted by molar-refractivity contribution is 0.282. The highest BCUT2D eigenvalue weighted by Crippen LogP contribution is 2.10. The highest BCUT2D eigenvalue weighted by Gasteiger charge is 1.89. The third-order valence-corrected chi connectivity index (χ3v) is 1.87. The number of benzene rings is 1. The number of aliphatic hydroxyl groups is 1. The van der Waals surface area contributed by atoms with E-state index < -0.39 is 0 Å². The number of hydrogen-bond acceptors (Lipinski definition) is 2. The standard InChI is InChI=1S/C7H8INO/c8-9-7-3-1-6(5-10)2-4-7/h1-4,9-10H,5H2. The van der Waals surface area contributed by atoms with Gasteiger partial charge in [-0.3, -0.25) is 0 Å². The van der Waals surface area contributed by atoms with Crippen molar-refractivity contribution in [2.24, 2.45) is 0 Å². The van der Waals surface area contributed by atoms with E-state index in [0.717, 1.165) is 11.3 Å². The first-order chi connectivity index (χ1) is 4.86. The Kier molecular flexibility index (Phi) is 2.95. The predicted molar refractivity (Wildman–Crippen MR) is 50.0 cm³/mol. The van der Waals surface area contributed by atoms with Crippen LogP contribution in [0.15, 0.2) is 24.3 Å². The third kappa shape index (κ3) is 1.85. The zero-order valence-electron chi connectivity index (χ0n) is 5.34. The van der Waals surface area contributed by atoms with E-state index >= 15 is 0 Å². The van der Waals surface area contributed by atoms with Crippen LogP contribution < -0.4 is 3.53 Å². The molecule has 0 aliphatic heterocycles. The predicted octanol–water partition coefficient (Wildman–Crippen LogP) is 1.94. The van der Waals surface area contributed by atoms with Crippen LogP contribution in [-0.2, 0) is 6.61 Å². The van der Waals surface area contributed by atoms with E-state index in [9.17, 15) is 0 Å². The van der Waals surface area contributed by atoms with Gasteiger partial charge in [-0.1, -0.05) is 12.1 Å². The average molecular weight is 249 g/mol. The van der Waals surface area contributed by atoms with Gasteiger partial charge < -0.3 is 8.64 Å². The number of nitrogens with one attached hydrogen (secondary N) is 1. The molecule has 0 bridgehead atoms. The molecule has 0 fully saturated rings. The van der Waals surface area contributed by atoms with E-state index in [-0.39, 0.29) is 6.61 Å². The maximum absolute atomic E-state index is 8.68. The van der Waals surface area contributed by atoms with E-state index in [4.69, 9.17) is 5.11 Å². The quantitative estimate of drug-likeness (QED) is 0.620. The van der Waals surface area contributed by atoms with Gasteiger partial charge in [-0.2, -0.15) is 0 Å². The summed E-state index contributed by atoms with van der Waals surface area (Å²) in [5, 5.41) is 8.68. The Labute approximate surface area is 73.8 Å². The molecule has 0 aromatic heterocycles.